The van der Waals surface area contributed by atoms with Crippen molar-refractivity contribution in [3.63, 3.8) is 0 Å². The zero-order valence-electron chi connectivity index (χ0n) is 11.8. The fourth-order valence-corrected chi connectivity index (χ4v) is 2.40. The molecule has 96 valence electrons. The van der Waals surface area contributed by atoms with Gasteiger partial charge in [-0.15, -0.1) is 0 Å². The van der Waals surface area contributed by atoms with Crippen LogP contribution < -0.4 is 0 Å². The maximum absolute atomic E-state index is 2.40. The maximum Gasteiger partial charge on any atom is -0.0250 e. The molecule has 0 N–H and O–H groups in total. The van der Waals surface area contributed by atoms with Crippen molar-refractivity contribution in [2.24, 2.45) is 5.92 Å². The van der Waals surface area contributed by atoms with Crippen molar-refractivity contribution in [2.75, 3.05) is 0 Å². The van der Waals surface area contributed by atoms with Crippen LogP contribution in [-0.2, 0) is 12.8 Å². The van der Waals surface area contributed by atoms with Crippen molar-refractivity contribution in [3.8, 4) is 0 Å². The highest BCUT2D eigenvalue weighted by Gasteiger charge is 2.06. The summed E-state index contributed by atoms with van der Waals surface area (Å²) < 4.78 is 0. The van der Waals surface area contributed by atoms with Crippen molar-refractivity contribution in [3.05, 3.63) is 35.4 Å². The molecule has 1 aromatic carbocycles. The minimum atomic E-state index is 0.831. The summed E-state index contributed by atoms with van der Waals surface area (Å²) in [5.74, 6) is 0.831. The van der Waals surface area contributed by atoms with Crippen LogP contribution in [0.1, 0.15) is 64.0 Å². The lowest BCUT2D eigenvalue weighted by Crippen LogP contribution is -2.03. The molecule has 0 saturated heterocycles. The molecule has 0 heteroatoms. The number of hydrogen-bond donors (Lipinski definition) is 0. The van der Waals surface area contributed by atoms with Gasteiger partial charge in [-0.1, -0.05) is 70.7 Å². The van der Waals surface area contributed by atoms with Crippen molar-refractivity contribution in [1.82, 2.24) is 0 Å². The lowest BCUT2D eigenvalue weighted by molar-refractivity contribution is 0.501. The molecule has 0 aromatic heterocycles. The summed E-state index contributed by atoms with van der Waals surface area (Å²) in [6.07, 6.45) is 9.20. The molecule has 0 amide bonds. The first-order valence-electron chi connectivity index (χ1n) is 7.34. The molecule has 0 saturated carbocycles. The second kappa shape index (κ2) is 8.33. The maximum atomic E-state index is 2.40. The van der Waals surface area contributed by atoms with Gasteiger partial charge in [-0.25, -0.2) is 0 Å². The van der Waals surface area contributed by atoms with Crippen LogP contribution in [0.15, 0.2) is 24.3 Å². The molecule has 1 aromatic rings. The smallest absolute Gasteiger partial charge is 0.0250 e. The lowest BCUT2D eigenvalue weighted by atomic mass is 9.91. The topological polar surface area (TPSA) is 0 Å². The predicted octanol–water partition coefficient (Wildman–Crippen LogP) is 5.40. The van der Waals surface area contributed by atoms with Crippen LogP contribution in [0.3, 0.4) is 0 Å². The highest BCUT2D eigenvalue weighted by atomic mass is 14.1. The Labute approximate surface area is 107 Å². The SMILES string of the molecule is CCCCc1ccccc1CC(C)CCCC. The summed E-state index contributed by atoms with van der Waals surface area (Å²) >= 11 is 0. The molecule has 0 aliphatic rings. The molecule has 0 aliphatic heterocycles. The van der Waals surface area contributed by atoms with Gasteiger partial charge in [-0.2, -0.15) is 0 Å². The molecule has 1 rings (SSSR count). The third kappa shape index (κ3) is 5.39. The first-order chi connectivity index (χ1) is 8.27. The molecule has 0 fully saturated rings. The minimum Gasteiger partial charge on any atom is -0.0654 e. The number of benzene rings is 1. The van der Waals surface area contributed by atoms with Gasteiger partial charge in [0.15, 0.2) is 0 Å². The van der Waals surface area contributed by atoms with Crippen LogP contribution in [0.4, 0.5) is 0 Å². The summed E-state index contributed by atoms with van der Waals surface area (Å²) in [6.45, 7) is 6.95. The number of aryl methyl sites for hydroxylation is 1. The minimum absolute atomic E-state index is 0.831. The number of rotatable bonds is 8. The molecule has 0 aliphatic carbocycles. The normalized spacial score (nSPS) is 12.6. The van der Waals surface area contributed by atoms with Crippen LogP contribution in [0.2, 0.25) is 0 Å². The Bertz CT molecular complexity index is 301. The van der Waals surface area contributed by atoms with Crippen molar-refractivity contribution in [2.45, 2.75) is 65.7 Å². The molecule has 0 bridgehead atoms. The first-order valence-corrected chi connectivity index (χ1v) is 7.34. The van der Waals surface area contributed by atoms with Gasteiger partial charge in [-0.3, -0.25) is 0 Å². The van der Waals surface area contributed by atoms with Gasteiger partial charge in [0, 0.05) is 0 Å². The zero-order chi connectivity index (χ0) is 12.5. The quantitative estimate of drug-likeness (QED) is 0.563. The van der Waals surface area contributed by atoms with Gasteiger partial charge in [0.25, 0.3) is 0 Å². The van der Waals surface area contributed by atoms with Gasteiger partial charge < -0.3 is 0 Å². The fourth-order valence-electron chi connectivity index (χ4n) is 2.40. The third-order valence-corrected chi connectivity index (χ3v) is 3.54. The van der Waals surface area contributed by atoms with Crippen LogP contribution >= 0.6 is 0 Å². The van der Waals surface area contributed by atoms with E-state index in [2.05, 4.69) is 45.0 Å². The third-order valence-electron chi connectivity index (χ3n) is 3.54. The predicted molar refractivity (Wildman–Crippen MR) is 77.4 cm³/mol. The summed E-state index contributed by atoms with van der Waals surface area (Å²) in [5, 5.41) is 0. The summed E-state index contributed by atoms with van der Waals surface area (Å²) in [6, 6.07) is 9.02. The Morgan fingerprint density at radius 3 is 2.24 bits per heavy atom. The van der Waals surface area contributed by atoms with E-state index in [0.29, 0.717) is 0 Å². The van der Waals surface area contributed by atoms with Gasteiger partial charge in [0.2, 0.25) is 0 Å². The van der Waals surface area contributed by atoms with E-state index in [1.807, 2.05) is 0 Å². The molecular formula is C17H28. The molecule has 0 nitrogen and oxygen atoms in total. The highest BCUT2D eigenvalue weighted by Crippen LogP contribution is 2.19. The van der Waals surface area contributed by atoms with Crippen LogP contribution in [0, 0.1) is 5.92 Å². The van der Waals surface area contributed by atoms with Crippen LogP contribution in [0.25, 0.3) is 0 Å². The van der Waals surface area contributed by atoms with Crippen molar-refractivity contribution in [1.29, 1.82) is 0 Å². The molecule has 0 radical (unpaired) electrons. The second-order valence-electron chi connectivity index (χ2n) is 5.32. The van der Waals surface area contributed by atoms with Crippen molar-refractivity contribution >= 4 is 0 Å². The van der Waals surface area contributed by atoms with Gasteiger partial charge >= 0.3 is 0 Å². The van der Waals surface area contributed by atoms with Gasteiger partial charge in [0.05, 0.1) is 0 Å². The fraction of sp³-hybridized carbons (Fsp3) is 0.647. The van der Waals surface area contributed by atoms with E-state index in [-0.39, 0.29) is 0 Å². The Morgan fingerprint density at radius 1 is 0.941 bits per heavy atom. The largest absolute Gasteiger partial charge is 0.0654 e. The molecule has 0 heterocycles. The second-order valence-corrected chi connectivity index (χ2v) is 5.32. The monoisotopic (exact) mass is 232 g/mol. The van der Waals surface area contributed by atoms with Crippen LogP contribution in [0.5, 0.6) is 0 Å². The van der Waals surface area contributed by atoms with Gasteiger partial charge in [0.1, 0.15) is 0 Å². The molecule has 1 unspecified atom stereocenters. The first kappa shape index (κ1) is 14.3. The van der Waals surface area contributed by atoms with Crippen LogP contribution in [-0.4, -0.2) is 0 Å². The Morgan fingerprint density at radius 2 is 1.59 bits per heavy atom. The zero-order valence-corrected chi connectivity index (χ0v) is 11.8. The molecule has 17 heavy (non-hydrogen) atoms. The van der Waals surface area contributed by atoms with E-state index in [1.54, 1.807) is 11.1 Å². The molecule has 1 atom stereocenters. The molecule has 0 spiro atoms. The van der Waals surface area contributed by atoms with Crippen molar-refractivity contribution < 1.29 is 0 Å². The number of unbranched alkanes of at least 4 members (excludes halogenated alkanes) is 2. The van der Waals surface area contributed by atoms with E-state index in [1.165, 1.54) is 44.9 Å². The average molecular weight is 232 g/mol. The van der Waals surface area contributed by atoms with Gasteiger partial charge in [-0.05, 0) is 36.3 Å². The summed E-state index contributed by atoms with van der Waals surface area (Å²) in [7, 11) is 0. The lowest BCUT2D eigenvalue weighted by Gasteiger charge is -2.14. The van der Waals surface area contributed by atoms with E-state index < -0.39 is 0 Å². The Balaban J connectivity index is 2.56. The number of hydrogen-bond acceptors (Lipinski definition) is 0. The Hall–Kier alpha value is -0.780. The van der Waals surface area contributed by atoms with E-state index in [4.69, 9.17) is 0 Å². The van der Waals surface area contributed by atoms with E-state index in [0.717, 1.165) is 5.92 Å². The average Bonchev–Trinajstić information content (AvgIpc) is 2.35. The summed E-state index contributed by atoms with van der Waals surface area (Å²) in [5.41, 5.74) is 3.17. The van der Waals surface area contributed by atoms with E-state index >= 15 is 0 Å². The molecular weight excluding hydrogens is 204 g/mol. The Kier molecular flexibility index (Phi) is 7.00. The summed E-state index contributed by atoms with van der Waals surface area (Å²) in [4.78, 5) is 0. The standard InChI is InChI=1S/C17H28/c1-4-6-10-15(3)14-17-13-9-8-12-16(17)11-7-5-2/h8-9,12-13,15H,4-7,10-11,14H2,1-3H3. The highest BCUT2D eigenvalue weighted by molar-refractivity contribution is 5.27. The van der Waals surface area contributed by atoms with E-state index in [9.17, 15) is 0 Å².